The molecule has 2 N–H and O–H groups in total. The van der Waals surface area contributed by atoms with Crippen LogP contribution in [0.3, 0.4) is 0 Å². The summed E-state index contributed by atoms with van der Waals surface area (Å²) >= 11 is 0. The summed E-state index contributed by atoms with van der Waals surface area (Å²) in [5.74, 6) is 0. The largest absolute Gasteiger partial charge is 1.00 e. The Morgan fingerprint density at radius 3 is 1.60 bits per heavy atom. The zero-order valence-electron chi connectivity index (χ0n) is 5.55. The molecule has 48 valence electrons. The van der Waals surface area contributed by atoms with Gasteiger partial charge in [0.15, 0.2) is 0 Å². The molecule has 10 heavy (non-hydrogen) atoms. The molecule has 0 radical (unpaired) electrons. The minimum absolute atomic E-state index is 0. The molecule has 0 saturated carbocycles. The molecule has 0 aliphatic rings. The van der Waals surface area contributed by atoms with E-state index in [1.807, 2.05) is 0 Å². The van der Waals surface area contributed by atoms with Crippen LogP contribution in [0.2, 0.25) is 0 Å². The monoisotopic (exact) mass is 218 g/mol. The molecular formula is H2BK2O6P. The smallest absolute Gasteiger partial charge is 0.791 e. The van der Waals surface area contributed by atoms with Gasteiger partial charge in [0.1, 0.15) is 0 Å². The summed E-state index contributed by atoms with van der Waals surface area (Å²) in [6.45, 7) is 0. The molecular weight excluding hydrogens is 216 g/mol. The van der Waals surface area contributed by atoms with Crippen molar-refractivity contribution < 1.29 is 132 Å². The van der Waals surface area contributed by atoms with Crippen molar-refractivity contribution in [3.8, 4) is 0 Å². The molecule has 0 aromatic carbocycles. The summed E-state index contributed by atoms with van der Waals surface area (Å²) in [6, 6.07) is 0. The summed E-state index contributed by atoms with van der Waals surface area (Å²) in [7, 11) is -7.77. The van der Waals surface area contributed by atoms with Crippen molar-refractivity contribution in [3.63, 3.8) is 0 Å². The van der Waals surface area contributed by atoms with Crippen molar-refractivity contribution in [2.24, 2.45) is 0 Å². The average molecular weight is 218 g/mol. The van der Waals surface area contributed by atoms with E-state index in [0.717, 1.165) is 0 Å². The van der Waals surface area contributed by atoms with Crippen LogP contribution in [0.4, 0.5) is 0 Å². The first-order valence-corrected chi connectivity index (χ1v) is 2.94. The van der Waals surface area contributed by atoms with E-state index in [9.17, 15) is 14.4 Å². The quantitative estimate of drug-likeness (QED) is 0.351. The summed E-state index contributed by atoms with van der Waals surface area (Å²) in [5, 5.41) is 15.3. The van der Waals surface area contributed by atoms with E-state index < -0.39 is 15.1 Å². The average Bonchev–Trinajstić information content (AvgIpc) is 1.21. The molecule has 0 unspecified atom stereocenters. The van der Waals surface area contributed by atoms with Crippen LogP contribution in [-0.4, -0.2) is 17.4 Å². The Balaban J connectivity index is -0.000000245. The molecule has 0 saturated heterocycles. The Labute approximate surface area is 143 Å². The molecule has 0 spiro atoms. The Morgan fingerprint density at radius 2 is 1.60 bits per heavy atom. The third-order valence-corrected chi connectivity index (χ3v) is 0.670. The maximum absolute atomic E-state index is 9.37. The molecule has 0 aromatic rings. The summed E-state index contributed by atoms with van der Waals surface area (Å²) in [5.41, 5.74) is 0. The van der Waals surface area contributed by atoms with Crippen LogP contribution in [-0.2, 0) is 9.01 Å². The van der Waals surface area contributed by atoms with Crippen LogP contribution < -0.4 is 113 Å². The molecule has 0 aliphatic heterocycles. The Morgan fingerprint density at radius 1 is 1.30 bits per heavy atom. The topological polar surface area (TPSA) is 113 Å². The molecule has 0 atom stereocenters. The van der Waals surface area contributed by atoms with E-state index in [1.165, 1.54) is 0 Å². The predicted octanol–water partition coefficient (Wildman–Crippen LogP) is -9.19. The molecule has 0 heterocycles. The van der Waals surface area contributed by atoms with Gasteiger partial charge in [-0.3, -0.25) is 0 Å². The van der Waals surface area contributed by atoms with Gasteiger partial charge in [0.2, 0.25) is 0 Å². The third kappa shape index (κ3) is 17.5. The molecule has 10 heteroatoms. The first-order valence-electron chi connectivity index (χ1n) is 1.48. The van der Waals surface area contributed by atoms with E-state index in [-0.39, 0.29) is 103 Å². The Hall–Kier alpha value is 3.37. The summed E-state index contributed by atoms with van der Waals surface area (Å²) < 4.78 is 12.4. The number of hydrogen-bond acceptors (Lipinski definition) is 6. The van der Waals surface area contributed by atoms with E-state index >= 15 is 0 Å². The van der Waals surface area contributed by atoms with Gasteiger partial charge in [-0.25, -0.2) is 0 Å². The second-order valence-electron chi connectivity index (χ2n) is 0.879. The van der Waals surface area contributed by atoms with Gasteiger partial charge >= 0.3 is 110 Å². The second kappa shape index (κ2) is 8.94. The van der Waals surface area contributed by atoms with Crippen LogP contribution in [0.15, 0.2) is 0 Å². The van der Waals surface area contributed by atoms with E-state index in [4.69, 9.17) is 10.0 Å². The molecule has 0 amide bonds. The minimum atomic E-state index is -5.22. The molecule has 0 bridgehead atoms. The van der Waals surface area contributed by atoms with Gasteiger partial charge in [0.25, 0.3) is 0 Å². The Kier molecular flexibility index (Phi) is 17.0. The van der Waals surface area contributed by atoms with E-state index in [1.54, 1.807) is 0 Å². The van der Waals surface area contributed by atoms with Gasteiger partial charge in [-0.05, 0) is 0 Å². The van der Waals surface area contributed by atoms with Gasteiger partial charge in [-0.15, -0.1) is 0 Å². The standard InChI is InChI=1S/BH4O6P.2K/c2-1(3)7-8(4,5)6;;/h2-3H,(H2,4,5,6);;/q;2*+1/p-2. The first kappa shape index (κ1) is 19.0. The normalized spacial score (nSPS) is 9.20. The van der Waals surface area contributed by atoms with Crippen molar-refractivity contribution in [2.75, 3.05) is 0 Å². The third-order valence-electron chi connectivity index (χ3n) is 0.223. The molecule has 6 nitrogen and oxygen atoms in total. The maximum Gasteiger partial charge on any atom is 1.00 e. The number of phosphoric acid groups is 1. The fraction of sp³-hybridized carbons (Fsp3) is 0. The van der Waals surface area contributed by atoms with Gasteiger partial charge in [0, 0.05) is 7.82 Å². The van der Waals surface area contributed by atoms with Crippen molar-refractivity contribution in [1.82, 2.24) is 0 Å². The molecule has 0 rings (SSSR count). The van der Waals surface area contributed by atoms with Crippen molar-refractivity contribution in [2.45, 2.75) is 0 Å². The van der Waals surface area contributed by atoms with Gasteiger partial charge < -0.3 is 28.8 Å². The number of hydrogen-bond donors (Lipinski definition) is 2. The van der Waals surface area contributed by atoms with Crippen LogP contribution >= 0.6 is 7.82 Å². The van der Waals surface area contributed by atoms with E-state index in [0.29, 0.717) is 0 Å². The van der Waals surface area contributed by atoms with Crippen molar-refractivity contribution >= 4 is 15.1 Å². The SMILES string of the molecule is O=P([O-])([O-])OB(O)O.[K+].[K+]. The zero-order valence-corrected chi connectivity index (χ0v) is 12.7. The maximum atomic E-state index is 9.37. The second-order valence-corrected chi connectivity index (χ2v) is 1.98. The van der Waals surface area contributed by atoms with E-state index in [2.05, 4.69) is 4.44 Å². The van der Waals surface area contributed by atoms with Crippen LogP contribution in [0.25, 0.3) is 0 Å². The summed E-state index contributed by atoms with van der Waals surface area (Å²) in [4.78, 5) is 18.7. The summed E-state index contributed by atoms with van der Waals surface area (Å²) in [6.07, 6.45) is 0. The van der Waals surface area contributed by atoms with Crippen molar-refractivity contribution in [3.05, 3.63) is 0 Å². The zero-order chi connectivity index (χ0) is 6.78. The number of rotatable bonds is 2. The van der Waals surface area contributed by atoms with Crippen LogP contribution in [0, 0.1) is 0 Å². The van der Waals surface area contributed by atoms with Gasteiger partial charge in [-0.2, -0.15) is 0 Å². The van der Waals surface area contributed by atoms with Gasteiger partial charge in [-0.1, -0.05) is 0 Å². The molecule has 0 aliphatic carbocycles. The van der Waals surface area contributed by atoms with Crippen LogP contribution in [0.5, 0.6) is 0 Å². The predicted molar refractivity (Wildman–Crippen MR) is 18.9 cm³/mol. The molecule has 0 fully saturated rings. The van der Waals surface area contributed by atoms with Crippen molar-refractivity contribution in [1.29, 1.82) is 0 Å². The Bertz CT molecular complexity index is 108. The first-order chi connectivity index (χ1) is 3.42. The van der Waals surface area contributed by atoms with Gasteiger partial charge in [0.05, 0.1) is 0 Å². The fourth-order valence-electron chi connectivity index (χ4n) is 0.115. The fourth-order valence-corrected chi connectivity index (χ4v) is 0.346. The molecule has 0 aromatic heterocycles. The van der Waals surface area contributed by atoms with Crippen LogP contribution in [0.1, 0.15) is 0 Å². The minimum Gasteiger partial charge on any atom is -0.791 e.